The molecule has 0 atom stereocenters. The summed E-state index contributed by atoms with van der Waals surface area (Å²) in [6.07, 6.45) is 1.24. The number of rotatable bonds is 10. The van der Waals surface area contributed by atoms with Crippen LogP contribution in [0.15, 0.2) is 54.6 Å². The standard InChI is InChI=1S/C22H27ClN4O/c1-17(2)28-14-8-13-24-15-21-22(18-9-4-3-5-10-18)26-27(25-21)16-19-11-6-7-12-20(19)23/h3-7,9-12,17,24H,8,13-16H2,1-2H3. The van der Waals surface area contributed by atoms with Crippen LogP contribution in [0.3, 0.4) is 0 Å². The van der Waals surface area contributed by atoms with E-state index in [-0.39, 0.29) is 6.10 Å². The van der Waals surface area contributed by atoms with Crippen molar-refractivity contribution in [3.05, 3.63) is 70.9 Å². The largest absolute Gasteiger partial charge is 0.379 e. The van der Waals surface area contributed by atoms with E-state index in [2.05, 4.69) is 31.3 Å². The molecule has 3 rings (SSSR count). The minimum absolute atomic E-state index is 0.273. The van der Waals surface area contributed by atoms with E-state index in [0.29, 0.717) is 13.1 Å². The lowest BCUT2D eigenvalue weighted by atomic mass is 10.1. The second-order valence-corrected chi connectivity index (χ2v) is 7.34. The average Bonchev–Trinajstić information content (AvgIpc) is 3.09. The highest BCUT2D eigenvalue weighted by atomic mass is 35.5. The Kier molecular flexibility index (Phi) is 7.60. The van der Waals surface area contributed by atoms with Gasteiger partial charge >= 0.3 is 0 Å². The van der Waals surface area contributed by atoms with E-state index in [0.717, 1.165) is 47.1 Å². The molecular formula is C22H27ClN4O. The van der Waals surface area contributed by atoms with Crippen LogP contribution in [0.25, 0.3) is 11.3 Å². The Balaban J connectivity index is 1.70. The van der Waals surface area contributed by atoms with Crippen LogP contribution in [-0.2, 0) is 17.8 Å². The number of ether oxygens (including phenoxy) is 1. The van der Waals surface area contributed by atoms with Gasteiger partial charge in [0.15, 0.2) is 0 Å². The summed E-state index contributed by atoms with van der Waals surface area (Å²) in [5.74, 6) is 0. The average molecular weight is 399 g/mol. The summed E-state index contributed by atoms with van der Waals surface area (Å²) in [6.45, 7) is 6.94. The Morgan fingerprint density at radius 3 is 2.54 bits per heavy atom. The van der Waals surface area contributed by atoms with E-state index in [1.165, 1.54) is 0 Å². The molecule has 6 heteroatoms. The smallest absolute Gasteiger partial charge is 0.117 e. The summed E-state index contributed by atoms with van der Waals surface area (Å²) >= 11 is 6.30. The number of benzene rings is 2. The van der Waals surface area contributed by atoms with Gasteiger partial charge < -0.3 is 10.1 Å². The molecule has 0 aliphatic carbocycles. The molecule has 0 saturated carbocycles. The van der Waals surface area contributed by atoms with Gasteiger partial charge in [-0.2, -0.15) is 15.0 Å². The highest BCUT2D eigenvalue weighted by Gasteiger charge is 2.13. The number of halogens is 1. The molecule has 3 aromatic rings. The monoisotopic (exact) mass is 398 g/mol. The second kappa shape index (κ2) is 10.4. The highest BCUT2D eigenvalue weighted by Crippen LogP contribution is 2.21. The van der Waals surface area contributed by atoms with Crippen molar-refractivity contribution < 1.29 is 4.74 Å². The molecule has 2 aromatic carbocycles. The van der Waals surface area contributed by atoms with Crippen molar-refractivity contribution in [2.24, 2.45) is 0 Å². The van der Waals surface area contributed by atoms with Gasteiger partial charge in [-0.15, -0.1) is 0 Å². The molecule has 0 spiro atoms. The molecule has 0 amide bonds. The molecule has 1 N–H and O–H groups in total. The first kappa shape index (κ1) is 20.5. The maximum Gasteiger partial charge on any atom is 0.117 e. The Morgan fingerprint density at radius 2 is 1.79 bits per heavy atom. The van der Waals surface area contributed by atoms with Gasteiger partial charge in [0.1, 0.15) is 11.4 Å². The summed E-state index contributed by atoms with van der Waals surface area (Å²) in [4.78, 5) is 1.72. The van der Waals surface area contributed by atoms with Crippen molar-refractivity contribution in [1.82, 2.24) is 20.3 Å². The van der Waals surface area contributed by atoms with E-state index in [4.69, 9.17) is 26.5 Å². The molecule has 0 radical (unpaired) electrons. The molecule has 1 heterocycles. The van der Waals surface area contributed by atoms with E-state index < -0.39 is 0 Å². The molecule has 1 aromatic heterocycles. The maximum absolute atomic E-state index is 6.30. The maximum atomic E-state index is 6.30. The minimum Gasteiger partial charge on any atom is -0.379 e. The fourth-order valence-corrected chi connectivity index (χ4v) is 3.09. The summed E-state index contributed by atoms with van der Waals surface area (Å²) in [5, 5.41) is 13.6. The Labute approximate surface area is 171 Å². The molecule has 0 fully saturated rings. The first-order valence-electron chi connectivity index (χ1n) is 9.68. The van der Waals surface area contributed by atoms with Crippen molar-refractivity contribution in [3.63, 3.8) is 0 Å². The van der Waals surface area contributed by atoms with Crippen molar-refractivity contribution in [3.8, 4) is 11.3 Å². The van der Waals surface area contributed by atoms with Gasteiger partial charge in [-0.25, -0.2) is 0 Å². The molecule has 148 valence electrons. The summed E-state index contributed by atoms with van der Waals surface area (Å²) in [5.41, 5.74) is 3.90. The van der Waals surface area contributed by atoms with Gasteiger partial charge in [0, 0.05) is 23.7 Å². The van der Waals surface area contributed by atoms with Gasteiger partial charge in [-0.05, 0) is 38.4 Å². The molecule has 5 nitrogen and oxygen atoms in total. The van der Waals surface area contributed by atoms with Crippen LogP contribution in [0.1, 0.15) is 31.5 Å². The predicted molar refractivity (Wildman–Crippen MR) is 113 cm³/mol. The third-order valence-electron chi connectivity index (χ3n) is 4.28. The van der Waals surface area contributed by atoms with Crippen molar-refractivity contribution in [2.45, 2.75) is 39.5 Å². The number of hydrogen-bond donors (Lipinski definition) is 1. The number of nitrogens with zero attached hydrogens (tertiary/aromatic N) is 3. The van der Waals surface area contributed by atoms with E-state index in [1.54, 1.807) is 4.80 Å². The number of hydrogen-bond acceptors (Lipinski definition) is 4. The van der Waals surface area contributed by atoms with Crippen LogP contribution in [0.5, 0.6) is 0 Å². The summed E-state index contributed by atoms with van der Waals surface area (Å²) < 4.78 is 5.58. The Morgan fingerprint density at radius 1 is 1.04 bits per heavy atom. The Hall–Kier alpha value is -2.21. The SMILES string of the molecule is CC(C)OCCCNCc1nn(Cc2ccccc2Cl)nc1-c1ccccc1. The van der Waals surface area contributed by atoms with Crippen molar-refractivity contribution in [2.75, 3.05) is 13.2 Å². The summed E-state index contributed by atoms with van der Waals surface area (Å²) in [6, 6.07) is 17.9. The van der Waals surface area contributed by atoms with Crippen LogP contribution >= 0.6 is 11.6 Å². The van der Waals surface area contributed by atoms with Crippen molar-refractivity contribution >= 4 is 11.6 Å². The molecule has 0 aliphatic heterocycles. The van der Waals surface area contributed by atoms with Crippen LogP contribution < -0.4 is 5.32 Å². The van der Waals surface area contributed by atoms with E-state index in [9.17, 15) is 0 Å². The second-order valence-electron chi connectivity index (χ2n) is 6.93. The number of nitrogens with one attached hydrogen (secondary N) is 1. The third kappa shape index (κ3) is 5.89. The fraction of sp³-hybridized carbons (Fsp3) is 0.364. The first-order valence-corrected chi connectivity index (χ1v) is 10.1. The van der Waals surface area contributed by atoms with E-state index >= 15 is 0 Å². The van der Waals surface area contributed by atoms with Gasteiger partial charge in [-0.1, -0.05) is 60.1 Å². The molecule has 0 unspecified atom stereocenters. The zero-order valence-corrected chi connectivity index (χ0v) is 17.2. The quantitative estimate of drug-likeness (QED) is 0.509. The lowest BCUT2D eigenvalue weighted by molar-refractivity contribution is 0.0770. The minimum atomic E-state index is 0.273. The lowest BCUT2D eigenvalue weighted by Crippen LogP contribution is -2.18. The first-order chi connectivity index (χ1) is 13.6. The predicted octanol–water partition coefficient (Wildman–Crippen LogP) is 4.55. The van der Waals surface area contributed by atoms with Crippen LogP contribution in [0, 0.1) is 0 Å². The number of aromatic nitrogens is 3. The summed E-state index contributed by atoms with van der Waals surface area (Å²) in [7, 11) is 0. The topological polar surface area (TPSA) is 52.0 Å². The highest BCUT2D eigenvalue weighted by molar-refractivity contribution is 6.31. The molecule has 28 heavy (non-hydrogen) atoms. The van der Waals surface area contributed by atoms with Crippen LogP contribution in [0.2, 0.25) is 5.02 Å². The van der Waals surface area contributed by atoms with Gasteiger partial charge in [0.05, 0.1) is 12.6 Å². The Bertz CT molecular complexity index is 864. The molecular weight excluding hydrogens is 372 g/mol. The van der Waals surface area contributed by atoms with Crippen LogP contribution in [-0.4, -0.2) is 34.2 Å². The normalized spacial score (nSPS) is 11.3. The fourth-order valence-electron chi connectivity index (χ4n) is 2.89. The van der Waals surface area contributed by atoms with Gasteiger partial charge in [-0.3, -0.25) is 0 Å². The molecule has 0 bridgehead atoms. The molecule has 0 aliphatic rings. The zero-order chi connectivity index (χ0) is 19.8. The van der Waals surface area contributed by atoms with Gasteiger partial charge in [0.2, 0.25) is 0 Å². The third-order valence-corrected chi connectivity index (χ3v) is 4.65. The molecule has 0 saturated heterocycles. The van der Waals surface area contributed by atoms with E-state index in [1.807, 2.05) is 42.5 Å². The lowest BCUT2D eigenvalue weighted by Gasteiger charge is -2.07. The van der Waals surface area contributed by atoms with Crippen LogP contribution in [0.4, 0.5) is 0 Å². The van der Waals surface area contributed by atoms with Gasteiger partial charge in [0.25, 0.3) is 0 Å². The zero-order valence-electron chi connectivity index (χ0n) is 16.4. The van der Waals surface area contributed by atoms with Crippen molar-refractivity contribution in [1.29, 1.82) is 0 Å².